The van der Waals surface area contributed by atoms with E-state index in [9.17, 15) is 0 Å². The third kappa shape index (κ3) is 4.64. The molecule has 1 aliphatic rings. The number of aryl methyl sites for hydroxylation is 2. The van der Waals surface area contributed by atoms with Crippen LogP contribution in [0.5, 0.6) is 0 Å². The molecule has 19 heavy (non-hydrogen) atoms. The van der Waals surface area contributed by atoms with Crippen molar-refractivity contribution in [3.05, 3.63) is 17.5 Å². The standard InChI is InChI=1S/C16H29N3/c1-3-14-6-4-8-16(10-9-14)17-11-5-7-15-12-18-19-13(15)2/h12,14,16-17H,3-11H2,1-2H3,(H,18,19). The smallest absolute Gasteiger partial charge is 0.0522 e. The Balaban J connectivity index is 1.62. The van der Waals surface area contributed by atoms with Crippen molar-refractivity contribution in [1.82, 2.24) is 15.5 Å². The maximum Gasteiger partial charge on any atom is 0.0522 e. The number of H-pyrrole nitrogens is 1. The molecule has 2 N–H and O–H groups in total. The van der Waals surface area contributed by atoms with Gasteiger partial charge in [-0.15, -0.1) is 0 Å². The van der Waals surface area contributed by atoms with E-state index in [4.69, 9.17) is 0 Å². The summed E-state index contributed by atoms with van der Waals surface area (Å²) < 4.78 is 0. The van der Waals surface area contributed by atoms with Crippen molar-refractivity contribution in [2.75, 3.05) is 6.54 Å². The highest BCUT2D eigenvalue weighted by Gasteiger charge is 2.16. The molecule has 0 saturated heterocycles. The van der Waals surface area contributed by atoms with Crippen LogP contribution in [0.3, 0.4) is 0 Å². The van der Waals surface area contributed by atoms with Gasteiger partial charge in [0.2, 0.25) is 0 Å². The van der Waals surface area contributed by atoms with E-state index in [0.29, 0.717) is 0 Å². The van der Waals surface area contributed by atoms with Crippen molar-refractivity contribution in [3.8, 4) is 0 Å². The highest BCUT2D eigenvalue weighted by Crippen LogP contribution is 2.25. The lowest BCUT2D eigenvalue weighted by atomic mass is 9.98. The van der Waals surface area contributed by atoms with Gasteiger partial charge < -0.3 is 5.32 Å². The first-order valence-electron chi connectivity index (χ1n) is 8.01. The minimum absolute atomic E-state index is 0.766. The van der Waals surface area contributed by atoms with E-state index in [2.05, 4.69) is 29.4 Å². The van der Waals surface area contributed by atoms with Crippen molar-refractivity contribution < 1.29 is 0 Å². The summed E-state index contributed by atoms with van der Waals surface area (Å²) in [5, 5.41) is 10.8. The molecule has 2 atom stereocenters. The molecule has 1 aliphatic carbocycles. The lowest BCUT2D eigenvalue weighted by Gasteiger charge is -2.16. The van der Waals surface area contributed by atoms with Gasteiger partial charge in [0.25, 0.3) is 0 Å². The Morgan fingerprint density at radius 3 is 2.95 bits per heavy atom. The van der Waals surface area contributed by atoms with Crippen molar-refractivity contribution in [1.29, 1.82) is 0 Å². The minimum atomic E-state index is 0.766. The van der Waals surface area contributed by atoms with E-state index in [-0.39, 0.29) is 0 Å². The van der Waals surface area contributed by atoms with Crippen LogP contribution in [0.4, 0.5) is 0 Å². The highest BCUT2D eigenvalue weighted by atomic mass is 15.1. The van der Waals surface area contributed by atoms with Gasteiger partial charge in [-0.05, 0) is 57.1 Å². The molecule has 1 aromatic heterocycles. The second-order valence-corrected chi connectivity index (χ2v) is 6.06. The minimum Gasteiger partial charge on any atom is -0.314 e. The summed E-state index contributed by atoms with van der Waals surface area (Å²) in [6, 6.07) is 0.766. The molecule has 2 unspecified atom stereocenters. The van der Waals surface area contributed by atoms with E-state index in [1.807, 2.05) is 6.20 Å². The van der Waals surface area contributed by atoms with Crippen LogP contribution in [0.25, 0.3) is 0 Å². The Kier molecular flexibility index (Phi) is 5.90. The van der Waals surface area contributed by atoms with E-state index < -0.39 is 0 Å². The van der Waals surface area contributed by atoms with Crippen LogP contribution in [-0.2, 0) is 6.42 Å². The van der Waals surface area contributed by atoms with E-state index in [1.165, 1.54) is 56.2 Å². The van der Waals surface area contributed by atoms with Gasteiger partial charge in [-0.2, -0.15) is 5.10 Å². The molecule has 1 saturated carbocycles. The lowest BCUT2D eigenvalue weighted by Crippen LogP contribution is -2.29. The third-order valence-corrected chi connectivity index (χ3v) is 4.66. The summed E-state index contributed by atoms with van der Waals surface area (Å²) >= 11 is 0. The van der Waals surface area contributed by atoms with E-state index in [1.54, 1.807) is 0 Å². The van der Waals surface area contributed by atoms with Crippen LogP contribution in [0.2, 0.25) is 0 Å². The van der Waals surface area contributed by atoms with Crippen LogP contribution >= 0.6 is 0 Å². The summed E-state index contributed by atoms with van der Waals surface area (Å²) in [5.74, 6) is 0.986. The van der Waals surface area contributed by atoms with Gasteiger partial charge in [-0.3, -0.25) is 5.10 Å². The largest absolute Gasteiger partial charge is 0.314 e. The molecule has 0 bridgehead atoms. The van der Waals surface area contributed by atoms with Crippen molar-refractivity contribution in [2.45, 2.75) is 71.3 Å². The highest BCUT2D eigenvalue weighted by molar-refractivity contribution is 5.14. The van der Waals surface area contributed by atoms with Gasteiger partial charge in [-0.1, -0.05) is 26.2 Å². The molecular weight excluding hydrogens is 234 g/mol. The molecule has 0 aromatic carbocycles. The third-order valence-electron chi connectivity index (χ3n) is 4.66. The number of aromatic nitrogens is 2. The van der Waals surface area contributed by atoms with Crippen molar-refractivity contribution >= 4 is 0 Å². The zero-order valence-corrected chi connectivity index (χ0v) is 12.5. The molecule has 0 spiro atoms. The molecular formula is C16H29N3. The van der Waals surface area contributed by atoms with Crippen molar-refractivity contribution in [2.24, 2.45) is 5.92 Å². The first kappa shape index (κ1) is 14.6. The van der Waals surface area contributed by atoms with Gasteiger partial charge in [0.05, 0.1) is 6.20 Å². The maximum absolute atomic E-state index is 4.08. The molecule has 1 heterocycles. The van der Waals surface area contributed by atoms with E-state index >= 15 is 0 Å². The van der Waals surface area contributed by atoms with Crippen LogP contribution in [0, 0.1) is 12.8 Å². The number of hydrogen-bond donors (Lipinski definition) is 2. The van der Waals surface area contributed by atoms with E-state index in [0.717, 1.165) is 24.9 Å². The van der Waals surface area contributed by atoms with Crippen LogP contribution in [0.1, 0.15) is 63.1 Å². The summed E-state index contributed by atoms with van der Waals surface area (Å²) in [5.41, 5.74) is 2.59. The molecule has 0 aliphatic heterocycles. The predicted octanol–water partition coefficient (Wildman–Crippen LogP) is 3.60. The Bertz CT molecular complexity index is 359. The Morgan fingerprint density at radius 1 is 1.32 bits per heavy atom. The fourth-order valence-electron chi connectivity index (χ4n) is 3.20. The summed E-state index contributed by atoms with van der Waals surface area (Å²) in [4.78, 5) is 0. The van der Waals surface area contributed by atoms with Gasteiger partial charge >= 0.3 is 0 Å². The Morgan fingerprint density at radius 2 is 2.21 bits per heavy atom. The topological polar surface area (TPSA) is 40.7 Å². The molecule has 3 heteroatoms. The normalized spacial score (nSPS) is 24.3. The molecule has 0 radical (unpaired) electrons. The SMILES string of the molecule is CCC1CCCC(NCCCc2cn[nH]c2C)CC1. The number of nitrogens with one attached hydrogen (secondary N) is 2. The number of nitrogens with zero attached hydrogens (tertiary/aromatic N) is 1. The molecule has 1 fully saturated rings. The second-order valence-electron chi connectivity index (χ2n) is 6.06. The van der Waals surface area contributed by atoms with Gasteiger partial charge in [0.1, 0.15) is 0 Å². The Hall–Kier alpha value is -0.830. The predicted molar refractivity (Wildman–Crippen MR) is 80.3 cm³/mol. The lowest BCUT2D eigenvalue weighted by molar-refractivity contribution is 0.424. The van der Waals surface area contributed by atoms with Crippen LogP contribution < -0.4 is 5.32 Å². The van der Waals surface area contributed by atoms with Crippen LogP contribution in [0.15, 0.2) is 6.20 Å². The molecule has 108 valence electrons. The molecule has 2 rings (SSSR count). The molecule has 0 amide bonds. The second kappa shape index (κ2) is 7.68. The number of hydrogen-bond acceptors (Lipinski definition) is 2. The molecule has 1 aromatic rings. The van der Waals surface area contributed by atoms with Crippen molar-refractivity contribution in [3.63, 3.8) is 0 Å². The fourth-order valence-corrected chi connectivity index (χ4v) is 3.20. The van der Waals surface area contributed by atoms with Crippen LogP contribution in [-0.4, -0.2) is 22.8 Å². The average molecular weight is 263 g/mol. The average Bonchev–Trinajstić information content (AvgIpc) is 2.70. The fraction of sp³-hybridized carbons (Fsp3) is 0.812. The summed E-state index contributed by atoms with van der Waals surface area (Å²) in [6.45, 7) is 5.59. The number of rotatable bonds is 6. The van der Waals surface area contributed by atoms with Gasteiger partial charge in [0.15, 0.2) is 0 Å². The Labute approximate surface area is 117 Å². The maximum atomic E-state index is 4.08. The molecule has 3 nitrogen and oxygen atoms in total. The zero-order chi connectivity index (χ0) is 13.5. The zero-order valence-electron chi connectivity index (χ0n) is 12.5. The van der Waals surface area contributed by atoms with Gasteiger partial charge in [-0.25, -0.2) is 0 Å². The quantitative estimate of drug-likeness (QED) is 0.608. The van der Waals surface area contributed by atoms with Gasteiger partial charge in [0, 0.05) is 11.7 Å². The summed E-state index contributed by atoms with van der Waals surface area (Å²) in [7, 11) is 0. The first-order chi connectivity index (χ1) is 9.29. The monoisotopic (exact) mass is 263 g/mol. The first-order valence-corrected chi connectivity index (χ1v) is 8.01. The summed E-state index contributed by atoms with van der Waals surface area (Å²) in [6.07, 6.45) is 12.7. The number of aromatic amines is 1.